The van der Waals surface area contributed by atoms with Crippen molar-refractivity contribution in [1.82, 2.24) is 4.98 Å². The SMILES string of the molecule is Cc1cccc(OCC(=O)N=Nc2c(O)[nH]c3ccc([N+](=O)[O-])cc23)c1. The molecule has 0 bridgehead atoms. The van der Waals surface area contributed by atoms with Gasteiger partial charge >= 0.3 is 5.91 Å². The van der Waals surface area contributed by atoms with Crippen LogP contribution in [0, 0.1) is 17.0 Å². The molecule has 2 aromatic carbocycles. The normalized spacial score (nSPS) is 11.1. The summed E-state index contributed by atoms with van der Waals surface area (Å²) < 4.78 is 5.32. The summed E-state index contributed by atoms with van der Waals surface area (Å²) in [5.41, 5.74) is 1.21. The van der Waals surface area contributed by atoms with Crippen LogP contribution in [0.1, 0.15) is 5.56 Å². The fourth-order valence-electron chi connectivity index (χ4n) is 2.35. The summed E-state index contributed by atoms with van der Waals surface area (Å²) in [6.07, 6.45) is 0. The first-order valence-electron chi connectivity index (χ1n) is 7.57. The first-order valence-corrected chi connectivity index (χ1v) is 7.57. The standard InChI is InChI=1S/C17H14N4O5/c1-10-3-2-4-12(7-10)26-9-15(22)19-20-16-13-8-11(21(24)25)5-6-14(13)18-17(16)23/h2-8,18,23H,9H2,1H3. The highest BCUT2D eigenvalue weighted by molar-refractivity contribution is 5.95. The minimum Gasteiger partial charge on any atom is -0.493 e. The number of nitro groups is 1. The Balaban J connectivity index is 1.77. The predicted molar refractivity (Wildman–Crippen MR) is 92.8 cm³/mol. The molecule has 9 nitrogen and oxygen atoms in total. The van der Waals surface area contributed by atoms with E-state index in [1.54, 1.807) is 18.2 Å². The van der Waals surface area contributed by atoms with Crippen molar-refractivity contribution in [1.29, 1.82) is 0 Å². The third kappa shape index (κ3) is 3.66. The number of ether oxygens (including phenoxy) is 1. The molecule has 2 N–H and O–H groups in total. The number of H-pyrrole nitrogens is 1. The van der Waals surface area contributed by atoms with Gasteiger partial charge in [-0.1, -0.05) is 12.1 Å². The van der Waals surface area contributed by atoms with Gasteiger partial charge in [0, 0.05) is 17.5 Å². The van der Waals surface area contributed by atoms with Gasteiger partial charge in [0.15, 0.2) is 12.3 Å². The molecule has 1 aromatic heterocycles. The minimum absolute atomic E-state index is 0.0485. The van der Waals surface area contributed by atoms with Crippen molar-refractivity contribution in [2.24, 2.45) is 10.2 Å². The number of hydrogen-bond donors (Lipinski definition) is 2. The monoisotopic (exact) mass is 354 g/mol. The van der Waals surface area contributed by atoms with E-state index in [1.165, 1.54) is 18.2 Å². The van der Waals surface area contributed by atoms with Crippen LogP contribution in [0.15, 0.2) is 52.7 Å². The third-order valence-electron chi connectivity index (χ3n) is 3.56. The molecule has 132 valence electrons. The van der Waals surface area contributed by atoms with Gasteiger partial charge in [0.2, 0.25) is 5.88 Å². The lowest BCUT2D eigenvalue weighted by Crippen LogP contribution is -2.07. The number of nitrogens with one attached hydrogen (secondary N) is 1. The highest BCUT2D eigenvalue weighted by Gasteiger charge is 2.15. The number of aromatic amines is 1. The summed E-state index contributed by atoms with van der Waals surface area (Å²) in [4.78, 5) is 24.8. The van der Waals surface area contributed by atoms with Crippen molar-refractivity contribution in [2.75, 3.05) is 6.61 Å². The number of aryl methyl sites for hydroxylation is 1. The number of nitro benzene ring substituents is 1. The zero-order valence-electron chi connectivity index (χ0n) is 13.7. The van der Waals surface area contributed by atoms with Crippen molar-refractivity contribution in [3.63, 3.8) is 0 Å². The number of rotatable bonds is 5. The lowest BCUT2D eigenvalue weighted by molar-refractivity contribution is -0.384. The first-order chi connectivity index (χ1) is 12.4. The Morgan fingerprint density at radius 1 is 1.31 bits per heavy atom. The molecular weight excluding hydrogens is 340 g/mol. The Labute approximate surface area is 147 Å². The molecule has 9 heteroatoms. The van der Waals surface area contributed by atoms with Gasteiger partial charge in [-0.2, -0.15) is 0 Å². The maximum Gasteiger partial charge on any atom is 0.302 e. The summed E-state index contributed by atoms with van der Waals surface area (Å²) in [7, 11) is 0. The van der Waals surface area contributed by atoms with E-state index in [-0.39, 0.29) is 29.2 Å². The van der Waals surface area contributed by atoms with Crippen LogP contribution < -0.4 is 4.74 Å². The second-order valence-corrected chi connectivity index (χ2v) is 5.51. The molecule has 0 unspecified atom stereocenters. The van der Waals surface area contributed by atoms with E-state index in [0.717, 1.165) is 5.56 Å². The Morgan fingerprint density at radius 2 is 2.12 bits per heavy atom. The first kappa shape index (κ1) is 17.1. The number of nitrogens with zero attached hydrogens (tertiary/aromatic N) is 3. The van der Waals surface area contributed by atoms with Crippen LogP contribution >= 0.6 is 0 Å². The van der Waals surface area contributed by atoms with E-state index in [1.807, 2.05) is 13.0 Å². The fourth-order valence-corrected chi connectivity index (χ4v) is 2.35. The van der Waals surface area contributed by atoms with Crippen LogP contribution in [0.5, 0.6) is 11.6 Å². The van der Waals surface area contributed by atoms with Crippen LogP contribution in [-0.4, -0.2) is 27.5 Å². The molecule has 0 spiro atoms. The smallest absolute Gasteiger partial charge is 0.302 e. The van der Waals surface area contributed by atoms with Gasteiger partial charge < -0.3 is 14.8 Å². The topological polar surface area (TPSA) is 130 Å². The summed E-state index contributed by atoms with van der Waals surface area (Å²) in [5, 5.41) is 28.3. The van der Waals surface area contributed by atoms with Crippen molar-refractivity contribution in [3.05, 3.63) is 58.1 Å². The fraction of sp³-hybridized carbons (Fsp3) is 0.118. The number of aromatic nitrogens is 1. The lowest BCUT2D eigenvalue weighted by Gasteiger charge is -2.03. The second kappa shape index (κ2) is 7.01. The van der Waals surface area contributed by atoms with E-state index >= 15 is 0 Å². The molecule has 0 aliphatic carbocycles. The summed E-state index contributed by atoms with van der Waals surface area (Å²) in [6.45, 7) is 1.57. The molecule has 0 atom stereocenters. The Morgan fingerprint density at radius 3 is 2.85 bits per heavy atom. The number of non-ortho nitro benzene ring substituents is 1. The van der Waals surface area contributed by atoms with Gasteiger partial charge in [0.25, 0.3) is 5.69 Å². The van der Waals surface area contributed by atoms with Crippen LogP contribution in [0.3, 0.4) is 0 Å². The second-order valence-electron chi connectivity index (χ2n) is 5.51. The maximum absolute atomic E-state index is 11.8. The summed E-state index contributed by atoms with van der Waals surface area (Å²) in [5.74, 6) is -0.471. The minimum atomic E-state index is -0.661. The molecule has 0 radical (unpaired) electrons. The zero-order chi connectivity index (χ0) is 18.7. The quantitative estimate of drug-likeness (QED) is 0.409. The summed E-state index contributed by atoms with van der Waals surface area (Å²) >= 11 is 0. The van der Waals surface area contributed by atoms with Crippen molar-refractivity contribution in [3.8, 4) is 11.6 Å². The van der Waals surface area contributed by atoms with E-state index in [9.17, 15) is 20.0 Å². The van der Waals surface area contributed by atoms with E-state index < -0.39 is 10.8 Å². The largest absolute Gasteiger partial charge is 0.493 e. The Hall–Kier alpha value is -3.75. The molecule has 3 aromatic rings. The highest BCUT2D eigenvalue weighted by atomic mass is 16.6. The summed E-state index contributed by atoms with van der Waals surface area (Å²) in [6, 6.07) is 11.2. The Kier molecular flexibility index (Phi) is 4.61. The van der Waals surface area contributed by atoms with Gasteiger partial charge in [0.1, 0.15) is 5.75 Å². The van der Waals surface area contributed by atoms with Crippen LogP contribution in [0.2, 0.25) is 0 Å². The number of aromatic hydroxyl groups is 1. The number of fused-ring (bicyclic) bond motifs is 1. The predicted octanol–water partition coefficient (Wildman–Crippen LogP) is 3.78. The van der Waals surface area contributed by atoms with Gasteiger partial charge in [-0.25, -0.2) is 0 Å². The molecule has 26 heavy (non-hydrogen) atoms. The molecule has 0 saturated carbocycles. The van der Waals surface area contributed by atoms with Crippen molar-refractivity contribution >= 4 is 28.2 Å². The number of hydrogen-bond acceptors (Lipinski definition) is 6. The molecule has 1 amide bonds. The lowest BCUT2D eigenvalue weighted by atomic mass is 10.2. The number of carbonyl (C=O) groups excluding carboxylic acids is 1. The average molecular weight is 354 g/mol. The molecule has 0 aliphatic rings. The molecule has 0 aliphatic heterocycles. The van der Waals surface area contributed by atoms with Crippen LogP contribution in [0.4, 0.5) is 11.4 Å². The Bertz CT molecular complexity index is 1030. The van der Waals surface area contributed by atoms with Crippen molar-refractivity contribution < 1.29 is 19.6 Å². The molecule has 0 fully saturated rings. The number of carbonyl (C=O) groups is 1. The van der Waals surface area contributed by atoms with Crippen LogP contribution in [0.25, 0.3) is 10.9 Å². The van der Waals surface area contributed by atoms with Gasteiger partial charge in [0.05, 0.1) is 10.4 Å². The van der Waals surface area contributed by atoms with E-state index in [0.29, 0.717) is 11.3 Å². The molecule has 3 rings (SSSR count). The maximum atomic E-state index is 11.8. The average Bonchev–Trinajstić information content (AvgIpc) is 2.92. The molecule has 1 heterocycles. The van der Waals surface area contributed by atoms with E-state index in [2.05, 4.69) is 15.2 Å². The molecule has 0 saturated heterocycles. The van der Waals surface area contributed by atoms with Crippen LogP contribution in [-0.2, 0) is 4.79 Å². The third-order valence-corrected chi connectivity index (χ3v) is 3.56. The van der Waals surface area contributed by atoms with Gasteiger partial charge in [-0.3, -0.25) is 14.9 Å². The molecular formula is C17H14N4O5. The van der Waals surface area contributed by atoms with E-state index in [4.69, 9.17) is 4.74 Å². The van der Waals surface area contributed by atoms with Gasteiger partial charge in [-0.05, 0) is 30.7 Å². The van der Waals surface area contributed by atoms with Crippen molar-refractivity contribution in [2.45, 2.75) is 6.92 Å². The number of benzene rings is 2. The number of azo groups is 1. The highest BCUT2D eigenvalue weighted by Crippen LogP contribution is 2.37. The zero-order valence-corrected chi connectivity index (χ0v) is 13.7. The number of amides is 1. The van der Waals surface area contributed by atoms with Gasteiger partial charge in [-0.15, -0.1) is 10.2 Å².